The van der Waals surface area contributed by atoms with E-state index in [1.807, 2.05) is 67.6 Å². The number of furan rings is 1. The molecule has 8 heteroatoms. The number of fused-ring (bicyclic) bond motifs is 1. The molecule has 0 saturated carbocycles. The molecule has 0 saturated heterocycles. The highest BCUT2D eigenvalue weighted by atomic mass is 79.9. The van der Waals surface area contributed by atoms with Gasteiger partial charge in [-0.15, -0.1) is 0 Å². The molecule has 6 nitrogen and oxygen atoms in total. The lowest BCUT2D eigenvalue weighted by Crippen LogP contribution is -2.39. The molecular formula is C28H23BrN2O4S. The largest absolute Gasteiger partial charge is 0.463 e. The van der Waals surface area contributed by atoms with Gasteiger partial charge in [0, 0.05) is 16.1 Å². The van der Waals surface area contributed by atoms with Crippen LogP contribution in [0.1, 0.15) is 36.8 Å². The first-order valence-electron chi connectivity index (χ1n) is 11.5. The highest BCUT2D eigenvalue weighted by Gasteiger charge is 2.33. The van der Waals surface area contributed by atoms with E-state index in [4.69, 9.17) is 9.15 Å². The number of halogens is 1. The zero-order chi connectivity index (χ0) is 25.4. The summed E-state index contributed by atoms with van der Waals surface area (Å²) >= 11 is 4.71. The van der Waals surface area contributed by atoms with Crippen molar-refractivity contribution in [2.45, 2.75) is 26.8 Å². The van der Waals surface area contributed by atoms with Crippen molar-refractivity contribution in [3.05, 3.63) is 113 Å². The fourth-order valence-electron chi connectivity index (χ4n) is 4.18. The molecule has 1 aliphatic rings. The van der Waals surface area contributed by atoms with Crippen LogP contribution in [-0.4, -0.2) is 17.1 Å². The molecular weight excluding hydrogens is 540 g/mol. The summed E-state index contributed by atoms with van der Waals surface area (Å²) in [6.45, 7) is 5.77. The Morgan fingerprint density at radius 2 is 1.83 bits per heavy atom. The third-order valence-corrected chi connectivity index (χ3v) is 7.45. The minimum Gasteiger partial charge on any atom is -0.463 e. The van der Waals surface area contributed by atoms with Crippen molar-refractivity contribution in [1.29, 1.82) is 0 Å². The maximum absolute atomic E-state index is 13.7. The first kappa shape index (κ1) is 24.2. The fourth-order valence-corrected chi connectivity index (χ4v) is 5.48. The Balaban J connectivity index is 1.63. The van der Waals surface area contributed by atoms with Crippen molar-refractivity contribution in [2.24, 2.45) is 4.99 Å². The van der Waals surface area contributed by atoms with Gasteiger partial charge in [-0.05, 0) is 50.6 Å². The average Bonchev–Trinajstić information content (AvgIpc) is 3.44. The number of ether oxygens (including phenoxy) is 1. The molecule has 0 aliphatic carbocycles. The predicted molar refractivity (Wildman–Crippen MR) is 143 cm³/mol. The Labute approximate surface area is 220 Å². The SMILES string of the molecule is CCOC(=O)C1=C(C)N=c2s/c(=C\c3ccc(-c4ccc(Br)cc4)o3)c(=O)n2C1c1ccc(C)cc1. The molecule has 0 radical (unpaired) electrons. The van der Waals surface area contributed by atoms with Gasteiger partial charge in [-0.1, -0.05) is 69.2 Å². The number of allylic oxidation sites excluding steroid dienone is 1. The molecule has 1 unspecified atom stereocenters. The Bertz CT molecular complexity index is 1660. The van der Waals surface area contributed by atoms with Crippen LogP contribution in [0.5, 0.6) is 0 Å². The molecule has 0 spiro atoms. The standard InChI is InChI=1S/C28H23BrN2O4S/c1-4-34-27(33)24-17(3)30-28-31(25(24)19-7-5-16(2)6-8-19)26(32)23(36-28)15-21-13-14-22(35-21)18-9-11-20(29)12-10-18/h5-15,25H,4H2,1-3H3/b23-15-. The summed E-state index contributed by atoms with van der Waals surface area (Å²) in [6.07, 6.45) is 1.72. The monoisotopic (exact) mass is 562 g/mol. The zero-order valence-corrected chi connectivity index (χ0v) is 22.4. The number of aryl methyl sites for hydroxylation is 1. The average molecular weight is 563 g/mol. The number of nitrogens with zero attached hydrogens (tertiary/aromatic N) is 2. The Morgan fingerprint density at radius 3 is 2.53 bits per heavy atom. The van der Waals surface area contributed by atoms with E-state index in [1.54, 1.807) is 24.5 Å². The molecule has 0 bridgehead atoms. The van der Waals surface area contributed by atoms with Crippen LogP contribution in [0.2, 0.25) is 0 Å². The van der Waals surface area contributed by atoms with Crippen molar-refractivity contribution < 1.29 is 13.9 Å². The minimum atomic E-state index is -0.627. The summed E-state index contributed by atoms with van der Waals surface area (Å²) < 4.78 is 14.4. The molecule has 36 heavy (non-hydrogen) atoms. The molecule has 182 valence electrons. The second-order valence-electron chi connectivity index (χ2n) is 8.42. The van der Waals surface area contributed by atoms with Crippen LogP contribution >= 0.6 is 27.3 Å². The maximum atomic E-state index is 13.7. The van der Waals surface area contributed by atoms with E-state index in [0.29, 0.717) is 32.1 Å². The van der Waals surface area contributed by atoms with Gasteiger partial charge in [0.2, 0.25) is 0 Å². The lowest BCUT2D eigenvalue weighted by atomic mass is 9.95. The second-order valence-corrected chi connectivity index (χ2v) is 10.3. The molecule has 1 atom stereocenters. The van der Waals surface area contributed by atoms with E-state index in [1.165, 1.54) is 11.3 Å². The molecule has 3 heterocycles. The number of carbonyl (C=O) groups is 1. The van der Waals surface area contributed by atoms with Gasteiger partial charge in [-0.3, -0.25) is 9.36 Å². The maximum Gasteiger partial charge on any atom is 0.338 e. The van der Waals surface area contributed by atoms with Gasteiger partial charge in [-0.2, -0.15) is 0 Å². The van der Waals surface area contributed by atoms with Crippen LogP contribution in [0.15, 0.2) is 90.6 Å². The van der Waals surface area contributed by atoms with Crippen molar-refractivity contribution in [3.63, 3.8) is 0 Å². The Hall–Kier alpha value is -3.49. The summed E-state index contributed by atoms with van der Waals surface area (Å²) in [5, 5.41) is 0. The molecule has 0 fully saturated rings. The van der Waals surface area contributed by atoms with E-state index in [0.717, 1.165) is 21.2 Å². The quantitative estimate of drug-likeness (QED) is 0.316. The van der Waals surface area contributed by atoms with Gasteiger partial charge >= 0.3 is 5.97 Å². The number of esters is 1. The minimum absolute atomic E-state index is 0.236. The van der Waals surface area contributed by atoms with E-state index in [-0.39, 0.29) is 12.2 Å². The van der Waals surface area contributed by atoms with Gasteiger partial charge in [0.25, 0.3) is 5.56 Å². The number of rotatable bonds is 5. The van der Waals surface area contributed by atoms with Gasteiger partial charge in [0.15, 0.2) is 4.80 Å². The summed E-state index contributed by atoms with van der Waals surface area (Å²) in [4.78, 5) is 31.8. The molecule has 0 amide bonds. The summed E-state index contributed by atoms with van der Waals surface area (Å²) in [5.41, 5.74) is 3.52. The first-order chi connectivity index (χ1) is 17.4. The molecule has 2 aromatic carbocycles. The summed E-state index contributed by atoms with van der Waals surface area (Å²) in [6, 6.07) is 18.7. The fraction of sp³-hybridized carbons (Fsp3) is 0.179. The van der Waals surface area contributed by atoms with Crippen molar-refractivity contribution in [2.75, 3.05) is 6.61 Å². The first-order valence-corrected chi connectivity index (χ1v) is 13.1. The van der Waals surface area contributed by atoms with Gasteiger partial charge in [0.05, 0.1) is 28.5 Å². The van der Waals surface area contributed by atoms with E-state index >= 15 is 0 Å². The number of aromatic nitrogens is 1. The lowest BCUT2D eigenvalue weighted by Gasteiger charge is -2.24. The van der Waals surface area contributed by atoms with Gasteiger partial charge < -0.3 is 9.15 Å². The number of benzene rings is 2. The number of carbonyl (C=O) groups excluding carboxylic acids is 1. The Kier molecular flexibility index (Phi) is 6.64. The highest BCUT2D eigenvalue weighted by Crippen LogP contribution is 2.31. The van der Waals surface area contributed by atoms with Gasteiger partial charge in [0.1, 0.15) is 11.5 Å². The molecule has 5 rings (SSSR count). The molecule has 0 N–H and O–H groups in total. The van der Waals surface area contributed by atoms with Crippen LogP contribution in [0.25, 0.3) is 17.4 Å². The van der Waals surface area contributed by atoms with Crippen LogP contribution in [0.4, 0.5) is 0 Å². The van der Waals surface area contributed by atoms with Crippen LogP contribution in [0.3, 0.4) is 0 Å². The molecule has 2 aromatic heterocycles. The third-order valence-electron chi connectivity index (χ3n) is 5.94. The number of hydrogen-bond donors (Lipinski definition) is 0. The molecule has 1 aliphatic heterocycles. The normalized spacial score (nSPS) is 15.6. The van der Waals surface area contributed by atoms with E-state index in [2.05, 4.69) is 20.9 Å². The van der Waals surface area contributed by atoms with Crippen molar-refractivity contribution in [1.82, 2.24) is 4.57 Å². The number of thiazole rings is 1. The molecule has 4 aromatic rings. The summed E-state index contributed by atoms with van der Waals surface area (Å²) in [7, 11) is 0. The highest BCUT2D eigenvalue weighted by molar-refractivity contribution is 9.10. The second kappa shape index (κ2) is 9.87. The van der Waals surface area contributed by atoms with E-state index in [9.17, 15) is 9.59 Å². The van der Waals surface area contributed by atoms with Crippen molar-refractivity contribution >= 4 is 39.3 Å². The van der Waals surface area contributed by atoms with Crippen molar-refractivity contribution in [3.8, 4) is 11.3 Å². The van der Waals surface area contributed by atoms with Gasteiger partial charge in [-0.25, -0.2) is 9.79 Å². The summed E-state index contributed by atoms with van der Waals surface area (Å²) in [5.74, 6) is 0.801. The topological polar surface area (TPSA) is 73.8 Å². The Morgan fingerprint density at radius 1 is 1.11 bits per heavy atom. The predicted octanol–water partition coefficient (Wildman–Crippen LogP) is 5.13. The smallest absolute Gasteiger partial charge is 0.338 e. The zero-order valence-electron chi connectivity index (χ0n) is 19.9. The van der Waals surface area contributed by atoms with Crippen LogP contribution in [0, 0.1) is 6.92 Å². The van der Waals surface area contributed by atoms with Crippen LogP contribution in [-0.2, 0) is 9.53 Å². The van der Waals surface area contributed by atoms with E-state index < -0.39 is 12.0 Å². The third kappa shape index (κ3) is 4.54. The number of hydrogen-bond acceptors (Lipinski definition) is 6. The van der Waals surface area contributed by atoms with Crippen LogP contribution < -0.4 is 14.9 Å². The lowest BCUT2D eigenvalue weighted by molar-refractivity contribution is -0.139.